The minimum absolute atomic E-state index is 0. The smallest absolute Gasteiger partial charge is 0.115 e. The van der Waals surface area contributed by atoms with Gasteiger partial charge in [0.15, 0.2) is 0 Å². The van der Waals surface area contributed by atoms with Crippen LogP contribution < -0.4 is 5.32 Å². The molecular weight excluding hydrogens is 278 g/mol. The molecule has 2 atom stereocenters. The molecule has 2 nitrogen and oxygen atoms in total. The minimum atomic E-state index is 0. The van der Waals surface area contributed by atoms with Gasteiger partial charge in [0, 0.05) is 6.04 Å². The van der Waals surface area contributed by atoms with Gasteiger partial charge in [0.05, 0.1) is 0 Å². The lowest BCUT2D eigenvalue weighted by Crippen LogP contribution is -2.26. The van der Waals surface area contributed by atoms with E-state index in [9.17, 15) is 5.11 Å². The Labute approximate surface area is 113 Å². The van der Waals surface area contributed by atoms with Gasteiger partial charge in [-0.05, 0) is 61.8 Å². The first kappa shape index (κ1) is 12.9. The van der Waals surface area contributed by atoms with Crippen LogP contribution in [-0.2, 0) is 5.41 Å². The second-order valence-electron chi connectivity index (χ2n) is 5.33. The van der Waals surface area contributed by atoms with Gasteiger partial charge in [0.1, 0.15) is 5.75 Å². The molecule has 3 heteroatoms. The van der Waals surface area contributed by atoms with Crippen molar-refractivity contribution in [3.05, 3.63) is 29.8 Å². The lowest BCUT2D eigenvalue weighted by Gasteiger charge is -2.29. The molecule has 1 aromatic carbocycles. The zero-order valence-corrected chi connectivity index (χ0v) is 11.7. The second-order valence-corrected chi connectivity index (χ2v) is 5.33. The monoisotopic (exact) mass is 297 g/mol. The summed E-state index contributed by atoms with van der Waals surface area (Å²) in [6.45, 7) is 1.16. The van der Waals surface area contributed by atoms with Crippen molar-refractivity contribution in [3.8, 4) is 5.75 Å². The molecule has 3 rings (SSSR count). The molecule has 1 aromatic rings. The molecule has 94 valence electrons. The highest BCUT2D eigenvalue weighted by molar-refractivity contribution is 8.93. The Morgan fingerprint density at radius 2 is 2.18 bits per heavy atom. The second kappa shape index (κ2) is 4.99. The lowest BCUT2D eigenvalue weighted by molar-refractivity contribution is 0.401. The van der Waals surface area contributed by atoms with Crippen molar-refractivity contribution in [2.45, 2.75) is 43.6 Å². The van der Waals surface area contributed by atoms with Crippen molar-refractivity contribution >= 4 is 17.0 Å². The molecule has 2 bridgehead atoms. The van der Waals surface area contributed by atoms with E-state index in [4.69, 9.17) is 0 Å². The quantitative estimate of drug-likeness (QED) is 0.835. The lowest BCUT2D eigenvalue weighted by atomic mass is 9.75. The Hall–Kier alpha value is -0.540. The summed E-state index contributed by atoms with van der Waals surface area (Å²) in [6, 6.07) is 8.60. The topological polar surface area (TPSA) is 32.3 Å². The molecule has 1 saturated heterocycles. The van der Waals surface area contributed by atoms with Gasteiger partial charge in [0.25, 0.3) is 0 Å². The van der Waals surface area contributed by atoms with Crippen LogP contribution in [0.1, 0.15) is 37.7 Å². The van der Waals surface area contributed by atoms with E-state index in [2.05, 4.69) is 11.4 Å². The van der Waals surface area contributed by atoms with E-state index in [1.165, 1.54) is 37.7 Å². The van der Waals surface area contributed by atoms with Gasteiger partial charge in [-0.25, -0.2) is 0 Å². The molecule has 1 aliphatic heterocycles. The van der Waals surface area contributed by atoms with Gasteiger partial charge in [-0.2, -0.15) is 0 Å². The van der Waals surface area contributed by atoms with Crippen molar-refractivity contribution in [2.75, 3.05) is 6.54 Å². The number of hydrogen-bond acceptors (Lipinski definition) is 2. The van der Waals surface area contributed by atoms with Crippen LogP contribution in [0.5, 0.6) is 5.75 Å². The molecule has 1 saturated carbocycles. The van der Waals surface area contributed by atoms with E-state index in [0.717, 1.165) is 6.54 Å². The van der Waals surface area contributed by atoms with Crippen LogP contribution >= 0.6 is 17.0 Å². The van der Waals surface area contributed by atoms with Crippen molar-refractivity contribution in [1.82, 2.24) is 5.32 Å². The molecule has 0 spiro atoms. The molecular formula is C14H20BrNO. The molecule has 17 heavy (non-hydrogen) atoms. The summed E-state index contributed by atoms with van der Waals surface area (Å²) in [7, 11) is 0. The van der Waals surface area contributed by atoms with Gasteiger partial charge in [0.2, 0.25) is 0 Å². The van der Waals surface area contributed by atoms with E-state index in [0.29, 0.717) is 17.2 Å². The van der Waals surface area contributed by atoms with Crippen LogP contribution in [0.25, 0.3) is 0 Å². The first-order valence-corrected chi connectivity index (χ1v) is 6.31. The maximum absolute atomic E-state index is 9.62. The number of fused-ring (bicyclic) bond motifs is 2. The third kappa shape index (κ3) is 2.36. The van der Waals surface area contributed by atoms with Gasteiger partial charge in [-0.1, -0.05) is 12.1 Å². The van der Waals surface area contributed by atoms with Crippen molar-refractivity contribution in [3.63, 3.8) is 0 Å². The van der Waals surface area contributed by atoms with Crippen molar-refractivity contribution < 1.29 is 5.11 Å². The van der Waals surface area contributed by atoms with Crippen LogP contribution in [-0.4, -0.2) is 17.7 Å². The van der Waals surface area contributed by atoms with Gasteiger partial charge < -0.3 is 10.4 Å². The summed E-state index contributed by atoms with van der Waals surface area (Å²) in [6.07, 6.45) is 6.33. The summed E-state index contributed by atoms with van der Waals surface area (Å²) < 4.78 is 0. The predicted octanol–water partition coefficient (Wildman–Crippen LogP) is 3.14. The maximum atomic E-state index is 9.62. The number of phenols is 1. The molecule has 2 unspecified atom stereocenters. The highest BCUT2D eigenvalue weighted by Crippen LogP contribution is 2.46. The fourth-order valence-electron chi connectivity index (χ4n) is 3.50. The molecule has 0 amide bonds. The van der Waals surface area contributed by atoms with Crippen LogP contribution in [0.15, 0.2) is 24.3 Å². The Kier molecular flexibility index (Phi) is 3.79. The Bertz CT molecular complexity index is 396. The Balaban J connectivity index is 0.00000108. The van der Waals surface area contributed by atoms with E-state index in [1.54, 1.807) is 6.07 Å². The van der Waals surface area contributed by atoms with Gasteiger partial charge in [-0.3, -0.25) is 0 Å². The summed E-state index contributed by atoms with van der Waals surface area (Å²) >= 11 is 0. The molecule has 2 fully saturated rings. The first-order valence-electron chi connectivity index (χ1n) is 6.31. The molecule has 0 radical (unpaired) electrons. The van der Waals surface area contributed by atoms with Crippen LogP contribution in [0.4, 0.5) is 0 Å². The van der Waals surface area contributed by atoms with E-state index in [-0.39, 0.29) is 17.0 Å². The Morgan fingerprint density at radius 1 is 1.29 bits per heavy atom. The SMILES string of the molecule is Br.Oc1cccc(C23CCCNC(CC2)C3)c1. The normalized spacial score (nSPS) is 31.6. The molecule has 2 aliphatic rings. The minimum Gasteiger partial charge on any atom is -0.508 e. The van der Waals surface area contributed by atoms with Crippen molar-refractivity contribution in [2.24, 2.45) is 0 Å². The van der Waals surface area contributed by atoms with Crippen LogP contribution in [0.3, 0.4) is 0 Å². The zero-order valence-electron chi connectivity index (χ0n) is 9.98. The van der Waals surface area contributed by atoms with Gasteiger partial charge in [-0.15, -0.1) is 17.0 Å². The molecule has 1 aliphatic carbocycles. The fourth-order valence-corrected chi connectivity index (χ4v) is 3.50. The zero-order chi connectivity index (χ0) is 11.0. The number of benzene rings is 1. The van der Waals surface area contributed by atoms with Crippen molar-refractivity contribution in [1.29, 1.82) is 0 Å². The molecule has 0 aromatic heterocycles. The number of halogens is 1. The summed E-state index contributed by atoms with van der Waals surface area (Å²) in [5.41, 5.74) is 1.69. The number of nitrogens with one attached hydrogen (secondary N) is 1. The number of aromatic hydroxyl groups is 1. The maximum Gasteiger partial charge on any atom is 0.115 e. The van der Waals surface area contributed by atoms with E-state index >= 15 is 0 Å². The highest BCUT2D eigenvalue weighted by Gasteiger charge is 2.41. The van der Waals surface area contributed by atoms with Crippen LogP contribution in [0.2, 0.25) is 0 Å². The summed E-state index contributed by atoms with van der Waals surface area (Å²) in [4.78, 5) is 0. The highest BCUT2D eigenvalue weighted by atomic mass is 79.9. The Morgan fingerprint density at radius 3 is 3.00 bits per heavy atom. The third-order valence-corrected chi connectivity index (χ3v) is 4.33. The summed E-state index contributed by atoms with van der Waals surface area (Å²) in [5, 5.41) is 13.2. The van der Waals surface area contributed by atoms with Crippen LogP contribution in [0, 0.1) is 0 Å². The number of phenolic OH excluding ortho intramolecular Hbond substituents is 1. The third-order valence-electron chi connectivity index (χ3n) is 4.33. The predicted molar refractivity (Wildman–Crippen MR) is 75.0 cm³/mol. The largest absolute Gasteiger partial charge is 0.508 e. The fraction of sp³-hybridized carbons (Fsp3) is 0.571. The van der Waals surface area contributed by atoms with E-state index in [1.807, 2.05) is 12.1 Å². The van der Waals surface area contributed by atoms with Gasteiger partial charge >= 0.3 is 0 Å². The van der Waals surface area contributed by atoms with E-state index < -0.39 is 0 Å². The first-order chi connectivity index (χ1) is 7.78. The average Bonchev–Trinajstić information content (AvgIpc) is 2.55. The molecule has 2 N–H and O–H groups in total. The number of hydrogen-bond donors (Lipinski definition) is 2. The average molecular weight is 298 g/mol. The standard InChI is InChI=1S/C14H19NO.BrH/c16-13-4-1-3-11(9-13)14-6-2-8-15-12(10-14)5-7-14;/h1,3-4,9,12,15-16H,2,5-8,10H2;1H. The summed E-state index contributed by atoms with van der Waals surface area (Å²) in [5.74, 6) is 0.410. The number of rotatable bonds is 1. The molecule has 1 heterocycles.